The molecule has 0 spiro atoms. The summed E-state index contributed by atoms with van der Waals surface area (Å²) in [5.74, 6) is 0.457. The Kier molecular flexibility index (Phi) is 5.16. The van der Waals surface area contributed by atoms with E-state index in [1.807, 2.05) is 6.92 Å². The Morgan fingerprint density at radius 1 is 1.34 bits per heavy atom. The van der Waals surface area contributed by atoms with Crippen molar-refractivity contribution in [3.63, 3.8) is 0 Å². The van der Waals surface area contributed by atoms with Crippen molar-refractivity contribution in [2.24, 2.45) is 18.4 Å². The number of hydrogen-bond donors (Lipinski definition) is 1. The van der Waals surface area contributed by atoms with Gasteiger partial charge in [0.15, 0.2) is 5.03 Å². The Morgan fingerprint density at radius 2 is 2.07 bits per heavy atom. The second-order valence-corrected chi connectivity index (χ2v) is 10.6. The molecule has 10 heteroatoms. The van der Waals surface area contributed by atoms with E-state index in [4.69, 9.17) is 11.6 Å². The summed E-state index contributed by atoms with van der Waals surface area (Å²) in [6, 6.07) is 5.17. The summed E-state index contributed by atoms with van der Waals surface area (Å²) in [5.41, 5.74) is 1.16. The molecule has 1 saturated heterocycles. The number of carbonyl (C=O) groups excluding carboxylic acids is 1. The van der Waals surface area contributed by atoms with E-state index in [-0.39, 0.29) is 16.3 Å². The van der Waals surface area contributed by atoms with E-state index >= 15 is 0 Å². The molecule has 1 aliphatic heterocycles. The quantitative estimate of drug-likeness (QED) is 0.714. The maximum Gasteiger partial charge on any atom is 0.261 e. The first-order chi connectivity index (χ1) is 13.7. The molecule has 0 atom stereocenters. The molecule has 1 aliphatic carbocycles. The van der Waals surface area contributed by atoms with Crippen LogP contribution in [0.1, 0.15) is 35.2 Å². The third kappa shape index (κ3) is 4.04. The number of hydrogen-bond acceptors (Lipinski definition) is 5. The van der Waals surface area contributed by atoms with Crippen molar-refractivity contribution in [2.45, 2.75) is 31.2 Å². The summed E-state index contributed by atoms with van der Waals surface area (Å²) in [4.78, 5) is 12.7. The van der Waals surface area contributed by atoms with Crippen molar-refractivity contribution < 1.29 is 13.2 Å². The van der Waals surface area contributed by atoms with Crippen molar-refractivity contribution in [3.05, 3.63) is 40.5 Å². The van der Waals surface area contributed by atoms with Crippen molar-refractivity contribution in [3.8, 4) is 0 Å². The fraction of sp³-hybridized carbons (Fsp3) is 0.526. The van der Waals surface area contributed by atoms with E-state index < -0.39 is 10.0 Å². The standard InChI is InChI=1S/C19H24ClN5O3S/c1-13-7-15(20)5-6-16(13)18(26)21-10-19(8-14-3-4-14)11-25(12-19)29(27,28)17-9-22-23-24(17)2/h5-7,9,14H,3-4,8,10-12H2,1-2H3,(H,21,26). The Labute approximate surface area is 175 Å². The van der Waals surface area contributed by atoms with Gasteiger partial charge in [-0.1, -0.05) is 29.7 Å². The van der Waals surface area contributed by atoms with Gasteiger partial charge in [0.1, 0.15) is 0 Å². The second kappa shape index (κ2) is 7.37. The lowest BCUT2D eigenvalue weighted by Crippen LogP contribution is -2.62. The van der Waals surface area contributed by atoms with E-state index in [1.165, 1.54) is 28.0 Å². The molecule has 2 heterocycles. The average Bonchev–Trinajstić information content (AvgIpc) is 3.33. The molecule has 29 heavy (non-hydrogen) atoms. The first-order valence-electron chi connectivity index (χ1n) is 9.59. The average molecular weight is 438 g/mol. The fourth-order valence-electron chi connectivity index (χ4n) is 4.01. The van der Waals surface area contributed by atoms with Crippen LogP contribution in [-0.4, -0.2) is 53.3 Å². The lowest BCUT2D eigenvalue weighted by molar-refractivity contribution is 0.0503. The molecule has 1 saturated carbocycles. The maximum absolute atomic E-state index is 12.8. The summed E-state index contributed by atoms with van der Waals surface area (Å²) >= 11 is 5.97. The third-order valence-corrected chi connectivity index (χ3v) is 7.85. The van der Waals surface area contributed by atoms with Crippen molar-refractivity contribution in [1.82, 2.24) is 24.6 Å². The third-order valence-electron chi connectivity index (χ3n) is 5.78. The Bertz CT molecular complexity index is 1040. The van der Waals surface area contributed by atoms with Gasteiger partial charge in [0.2, 0.25) is 0 Å². The van der Waals surface area contributed by atoms with Crippen LogP contribution in [0.25, 0.3) is 0 Å². The van der Waals surface area contributed by atoms with E-state index in [0.717, 1.165) is 12.0 Å². The first kappa shape index (κ1) is 20.3. The summed E-state index contributed by atoms with van der Waals surface area (Å²) in [6.45, 7) is 3.06. The van der Waals surface area contributed by atoms with Gasteiger partial charge in [-0.05, 0) is 43.0 Å². The molecule has 1 aromatic heterocycles. The number of aromatic nitrogens is 3. The minimum Gasteiger partial charge on any atom is -0.351 e. The monoisotopic (exact) mass is 437 g/mol. The van der Waals surface area contributed by atoms with Crippen LogP contribution in [0.2, 0.25) is 5.02 Å². The summed E-state index contributed by atoms with van der Waals surface area (Å²) < 4.78 is 28.4. The highest BCUT2D eigenvalue weighted by atomic mass is 35.5. The number of aryl methyl sites for hydroxylation is 2. The first-order valence-corrected chi connectivity index (χ1v) is 11.4. The van der Waals surface area contributed by atoms with Gasteiger partial charge >= 0.3 is 0 Å². The van der Waals surface area contributed by atoms with Crippen LogP contribution < -0.4 is 5.32 Å². The molecule has 1 N–H and O–H groups in total. The second-order valence-electron chi connectivity index (χ2n) is 8.26. The van der Waals surface area contributed by atoms with Crippen LogP contribution in [0.4, 0.5) is 0 Å². The molecular weight excluding hydrogens is 414 g/mol. The Hall–Kier alpha value is -1.97. The molecule has 1 aromatic carbocycles. The minimum atomic E-state index is -3.63. The molecule has 156 valence electrons. The SMILES string of the molecule is Cc1cc(Cl)ccc1C(=O)NCC1(CC2CC2)CN(S(=O)(=O)c2cnnn2C)C1. The minimum absolute atomic E-state index is 0.0818. The van der Waals surface area contributed by atoms with Gasteiger partial charge in [-0.2, -0.15) is 4.31 Å². The van der Waals surface area contributed by atoms with Gasteiger partial charge < -0.3 is 5.32 Å². The number of nitrogens with one attached hydrogen (secondary N) is 1. The highest BCUT2D eigenvalue weighted by Crippen LogP contribution is 2.46. The number of rotatable bonds is 7. The molecule has 1 amide bonds. The predicted octanol–water partition coefficient (Wildman–Crippen LogP) is 2.00. The number of sulfonamides is 1. The fourth-order valence-corrected chi connectivity index (χ4v) is 5.94. The number of benzene rings is 1. The highest BCUT2D eigenvalue weighted by molar-refractivity contribution is 7.89. The number of nitrogens with zero attached hydrogens (tertiary/aromatic N) is 4. The van der Waals surface area contributed by atoms with Crippen LogP contribution in [0.5, 0.6) is 0 Å². The zero-order valence-corrected chi connectivity index (χ0v) is 18.0. The zero-order chi connectivity index (χ0) is 20.8. The van der Waals surface area contributed by atoms with Gasteiger partial charge in [0, 0.05) is 42.7 Å². The molecule has 2 fully saturated rings. The van der Waals surface area contributed by atoms with E-state index in [9.17, 15) is 13.2 Å². The molecule has 0 bridgehead atoms. The topological polar surface area (TPSA) is 97.2 Å². The van der Waals surface area contributed by atoms with Crippen molar-refractivity contribution in [2.75, 3.05) is 19.6 Å². The molecular formula is C19H24ClN5O3S. The zero-order valence-electron chi connectivity index (χ0n) is 16.4. The van der Waals surface area contributed by atoms with Gasteiger partial charge in [0.25, 0.3) is 15.9 Å². The normalized spacial score (nSPS) is 19.0. The van der Waals surface area contributed by atoms with Crippen LogP contribution in [0.15, 0.2) is 29.4 Å². The van der Waals surface area contributed by atoms with Crippen LogP contribution >= 0.6 is 11.6 Å². The van der Waals surface area contributed by atoms with Gasteiger partial charge in [-0.3, -0.25) is 4.79 Å². The van der Waals surface area contributed by atoms with Crippen LogP contribution in [-0.2, 0) is 17.1 Å². The number of halogens is 1. The van der Waals surface area contributed by atoms with Gasteiger partial charge in [-0.25, -0.2) is 13.1 Å². The summed E-state index contributed by atoms with van der Waals surface area (Å²) in [5, 5.41) is 11.1. The molecule has 4 rings (SSSR count). The lowest BCUT2D eigenvalue weighted by atomic mass is 9.76. The van der Waals surface area contributed by atoms with E-state index in [0.29, 0.717) is 36.1 Å². The lowest BCUT2D eigenvalue weighted by Gasteiger charge is -2.49. The van der Waals surface area contributed by atoms with Crippen LogP contribution in [0.3, 0.4) is 0 Å². The van der Waals surface area contributed by atoms with Crippen LogP contribution in [0, 0.1) is 18.3 Å². The van der Waals surface area contributed by atoms with Gasteiger partial charge in [-0.15, -0.1) is 5.10 Å². The molecule has 2 aromatic rings. The number of carbonyl (C=O) groups is 1. The smallest absolute Gasteiger partial charge is 0.261 e. The predicted molar refractivity (Wildman–Crippen MR) is 108 cm³/mol. The van der Waals surface area contributed by atoms with Gasteiger partial charge in [0.05, 0.1) is 6.20 Å². The van der Waals surface area contributed by atoms with Crippen molar-refractivity contribution in [1.29, 1.82) is 0 Å². The molecule has 0 radical (unpaired) electrons. The molecule has 8 nitrogen and oxygen atoms in total. The van der Waals surface area contributed by atoms with Crippen molar-refractivity contribution >= 4 is 27.5 Å². The highest BCUT2D eigenvalue weighted by Gasteiger charge is 2.51. The van der Waals surface area contributed by atoms with E-state index in [1.54, 1.807) is 25.2 Å². The summed E-state index contributed by atoms with van der Waals surface area (Å²) in [7, 11) is -2.07. The largest absolute Gasteiger partial charge is 0.351 e. The number of amides is 1. The maximum atomic E-state index is 12.8. The molecule has 0 unspecified atom stereocenters. The summed E-state index contributed by atoms with van der Waals surface area (Å²) in [6.07, 6.45) is 4.53. The van der Waals surface area contributed by atoms with E-state index in [2.05, 4.69) is 15.6 Å². The molecule has 2 aliphatic rings. The Balaban J connectivity index is 1.45. The Morgan fingerprint density at radius 3 is 2.66 bits per heavy atom.